The molecule has 0 aliphatic heterocycles. The van der Waals surface area contributed by atoms with Crippen LogP contribution in [0.2, 0.25) is 0 Å². The maximum absolute atomic E-state index is 5.86. The van der Waals surface area contributed by atoms with Crippen LogP contribution in [0.3, 0.4) is 0 Å². The van der Waals surface area contributed by atoms with E-state index in [0.29, 0.717) is 12.3 Å². The number of hydrogen-bond donors (Lipinski definition) is 2. The predicted molar refractivity (Wildman–Crippen MR) is 87.2 cm³/mol. The Morgan fingerprint density at radius 2 is 2.00 bits per heavy atom. The van der Waals surface area contributed by atoms with Gasteiger partial charge in [0.25, 0.3) is 0 Å². The van der Waals surface area contributed by atoms with Crippen molar-refractivity contribution in [2.24, 2.45) is 0 Å². The molecule has 0 fully saturated rings. The summed E-state index contributed by atoms with van der Waals surface area (Å²) in [6.45, 7) is 3.39. The molecule has 0 unspecified atom stereocenters. The minimum atomic E-state index is 0.609. The van der Waals surface area contributed by atoms with Crippen molar-refractivity contribution in [3.8, 4) is 11.5 Å². The highest BCUT2D eigenvalue weighted by molar-refractivity contribution is 5.61. The van der Waals surface area contributed by atoms with Crippen LogP contribution in [0.15, 0.2) is 42.5 Å². The Morgan fingerprint density at radius 3 is 2.76 bits per heavy atom. The molecule has 0 aliphatic rings. The summed E-state index contributed by atoms with van der Waals surface area (Å²) in [6.07, 6.45) is 0.922. The molecule has 4 heteroatoms. The molecular formula is C17H22N2O2. The second-order valence-electron chi connectivity index (χ2n) is 4.71. The molecule has 2 aromatic rings. The van der Waals surface area contributed by atoms with Crippen molar-refractivity contribution < 1.29 is 9.47 Å². The summed E-state index contributed by atoms with van der Waals surface area (Å²) in [4.78, 5) is 0. The fourth-order valence-corrected chi connectivity index (χ4v) is 2.10. The van der Waals surface area contributed by atoms with Gasteiger partial charge in [-0.2, -0.15) is 0 Å². The summed E-state index contributed by atoms with van der Waals surface area (Å²) in [5.41, 5.74) is 8.77. The predicted octanol–water partition coefficient (Wildman–Crippen LogP) is 3.33. The van der Waals surface area contributed by atoms with Crippen LogP contribution in [0, 0.1) is 0 Å². The van der Waals surface area contributed by atoms with Gasteiger partial charge in [0, 0.05) is 18.3 Å². The molecular weight excluding hydrogens is 264 g/mol. The number of nitrogens with two attached hydrogens (primary N) is 1. The lowest BCUT2D eigenvalue weighted by molar-refractivity contribution is 0.342. The quantitative estimate of drug-likeness (QED) is 0.767. The Hall–Kier alpha value is -2.36. The van der Waals surface area contributed by atoms with Crippen LogP contribution in [0.5, 0.6) is 11.5 Å². The molecule has 2 aromatic carbocycles. The van der Waals surface area contributed by atoms with Gasteiger partial charge in [-0.25, -0.2) is 0 Å². The van der Waals surface area contributed by atoms with Crippen molar-refractivity contribution in [3.63, 3.8) is 0 Å². The Morgan fingerprint density at radius 1 is 1.14 bits per heavy atom. The normalized spacial score (nSPS) is 10.2. The highest BCUT2D eigenvalue weighted by Gasteiger charge is 2.02. The van der Waals surface area contributed by atoms with E-state index in [2.05, 4.69) is 17.4 Å². The van der Waals surface area contributed by atoms with Gasteiger partial charge >= 0.3 is 0 Å². The van der Waals surface area contributed by atoms with Gasteiger partial charge in [0.1, 0.15) is 11.5 Å². The molecule has 0 radical (unpaired) electrons. The van der Waals surface area contributed by atoms with E-state index in [1.165, 1.54) is 5.56 Å². The molecule has 0 atom stereocenters. The van der Waals surface area contributed by atoms with E-state index in [1.807, 2.05) is 37.3 Å². The van der Waals surface area contributed by atoms with Crippen molar-refractivity contribution in [2.45, 2.75) is 13.3 Å². The van der Waals surface area contributed by atoms with Gasteiger partial charge in [-0.1, -0.05) is 12.1 Å². The first-order chi connectivity index (χ1) is 10.2. The zero-order valence-corrected chi connectivity index (χ0v) is 12.6. The number of ether oxygens (including phenoxy) is 2. The summed E-state index contributed by atoms with van der Waals surface area (Å²) in [7, 11) is 1.68. The van der Waals surface area contributed by atoms with Gasteiger partial charge in [0.15, 0.2) is 0 Å². The van der Waals surface area contributed by atoms with Crippen LogP contribution in [-0.2, 0) is 6.42 Å². The molecule has 0 saturated carbocycles. The van der Waals surface area contributed by atoms with E-state index in [9.17, 15) is 0 Å². The third-order valence-electron chi connectivity index (χ3n) is 3.19. The van der Waals surface area contributed by atoms with Crippen molar-refractivity contribution in [3.05, 3.63) is 48.0 Å². The van der Waals surface area contributed by atoms with Gasteiger partial charge in [-0.3, -0.25) is 0 Å². The van der Waals surface area contributed by atoms with Crippen molar-refractivity contribution in [2.75, 3.05) is 31.3 Å². The minimum Gasteiger partial charge on any atom is -0.497 e. The van der Waals surface area contributed by atoms with E-state index in [1.54, 1.807) is 7.11 Å². The number of rotatable bonds is 7. The number of benzene rings is 2. The maximum Gasteiger partial charge on any atom is 0.144 e. The van der Waals surface area contributed by atoms with E-state index < -0.39 is 0 Å². The van der Waals surface area contributed by atoms with Crippen molar-refractivity contribution in [1.29, 1.82) is 0 Å². The zero-order valence-electron chi connectivity index (χ0n) is 12.6. The van der Waals surface area contributed by atoms with Gasteiger partial charge in [-0.15, -0.1) is 0 Å². The van der Waals surface area contributed by atoms with Crippen molar-refractivity contribution in [1.82, 2.24) is 0 Å². The first-order valence-electron chi connectivity index (χ1n) is 7.12. The van der Waals surface area contributed by atoms with Crippen LogP contribution in [0.4, 0.5) is 11.4 Å². The SMILES string of the molecule is CCOc1cc(NCCc2cccc(OC)c2)ccc1N. The van der Waals surface area contributed by atoms with Crippen LogP contribution >= 0.6 is 0 Å². The number of methoxy groups -OCH3 is 1. The second kappa shape index (κ2) is 7.43. The van der Waals surface area contributed by atoms with E-state index in [4.69, 9.17) is 15.2 Å². The largest absolute Gasteiger partial charge is 0.497 e. The van der Waals surface area contributed by atoms with Gasteiger partial charge in [0.2, 0.25) is 0 Å². The average molecular weight is 286 g/mol. The lowest BCUT2D eigenvalue weighted by Gasteiger charge is -2.11. The maximum atomic E-state index is 5.86. The Balaban J connectivity index is 1.92. The highest BCUT2D eigenvalue weighted by atomic mass is 16.5. The minimum absolute atomic E-state index is 0.609. The Labute approximate surface area is 125 Å². The zero-order chi connectivity index (χ0) is 15.1. The molecule has 21 heavy (non-hydrogen) atoms. The lowest BCUT2D eigenvalue weighted by Crippen LogP contribution is -2.06. The topological polar surface area (TPSA) is 56.5 Å². The molecule has 0 aliphatic carbocycles. The molecule has 0 bridgehead atoms. The summed E-state index contributed by atoms with van der Waals surface area (Å²) in [5.74, 6) is 1.61. The summed E-state index contributed by atoms with van der Waals surface area (Å²) in [5, 5.41) is 3.38. The molecule has 0 aromatic heterocycles. The summed E-state index contributed by atoms with van der Waals surface area (Å²) < 4.78 is 10.7. The number of anilines is 2. The van der Waals surface area contributed by atoms with Crippen LogP contribution in [0.25, 0.3) is 0 Å². The van der Waals surface area contributed by atoms with E-state index in [0.717, 1.165) is 30.2 Å². The molecule has 2 rings (SSSR count). The van der Waals surface area contributed by atoms with Crippen LogP contribution in [-0.4, -0.2) is 20.3 Å². The molecule has 0 saturated heterocycles. The van der Waals surface area contributed by atoms with E-state index in [-0.39, 0.29) is 0 Å². The van der Waals surface area contributed by atoms with Crippen molar-refractivity contribution >= 4 is 11.4 Å². The summed E-state index contributed by atoms with van der Waals surface area (Å²) >= 11 is 0. The number of hydrogen-bond acceptors (Lipinski definition) is 4. The number of nitrogen functional groups attached to an aromatic ring is 1. The Bertz CT molecular complexity index is 585. The number of nitrogens with one attached hydrogen (secondary N) is 1. The monoisotopic (exact) mass is 286 g/mol. The third-order valence-corrected chi connectivity index (χ3v) is 3.19. The third kappa shape index (κ3) is 4.31. The molecule has 0 heterocycles. The first kappa shape index (κ1) is 15.0. The summed E-state index contributed by atoms with van der Waals surface area (Å²) in [6, 6.07) is 13.9. The fourth-order valence-electron chi connectivity index (χ4n) is 2.10. The highest BCUT2D eigenvalue weighted by Crippen LogP contribution is 2.25. The van der Waals surface area contributed by atoms with Gasteiger partial charge in [0.05, 0.1) is 19.4 Å². The first-order valence-corrected chi connectivity index (χ1v) is 7.12. The molecule has 0 spiro atoms. The van der Waals surface area contributed by atoms with Crippen LogP contribution < -0.4 is 20.5 Å². The average Bonchev–Trinajstić information content (AvgIpc) is 2.51. The molecule has 112 valence electrons. The fraction of sp³-hybridized carbons (Fsp3) is 0.294. The van der Waals surface area contributed by atoms with E-state index >= 15 is 0 Å². The molecule has 3 N–H and O–H groups in total. The second-order valence-corrected chi connectivity index (χ2v) is 4.71. The van der Waals surface area contributed by atoms with Gasteiger partial charge < -0.3 is 20.5 Å². The molecule has 0 amide bonds. The van der Waals surface area contributed by atoms with Gasteiger partial charge in [-0.05, 0) is 43.2 Å². The van der Waals surface area contributed by atoms with Crippen LogP contribution in [0.1, 0.15) is 12.5 Å². The Kier molecular flexibility index (Phi) is 5.32. The lowest BCUT2D eigenvalue weighted by atomic mass is 10.1. The standard InChI is InChI=1S/C17H22N2O2/c1-3-21-17-12-14(7-8-16(17)18)19-10-9-13-5-4-6-15(11-13)20-2/h4-8,11-12,19H,3,9-10,18H2,1-2H3. The molecule has 4 nitrogen and oxygen atoms in total. The smallest absolute Gasteiger partial charge is 0.144 e.